The molecule has 8 atom stereocenters. The predicted octanol–water partition coefficient (Wildman–Crippen LogP) is 2.64. The zero-order chi connectivity index (χ0) is 19.9. The maximum atomic E-state index is 13.4. The van der Waals surface area contributed by atoms with Crippen LogP contribution in [0.25, 0.3) is 0 Å². The number of Topliss-reactive ketones (excluding diaryl/α,β-unsaturated/α-hetero) is 1. The maximum absolute atomic E-state index is 13.4. The monoisotopic (exact) mass is 376 g/mol. The molecule has 2 bridgehead atoms. The first-order valence-corrected chi connectivity index (χ1v) is 10.2. The molecule has 4 saturated carbocycles. The van der Waals surface area contributed by atoms with Crippen LogP contribution in [0.2, 0.25) is 0 Å². The van der Waals surface area contributed by atoms with Crippen LogP contribution in [0.3, 0.4) is 0 Å². The van der Waals surface area contributed by atoms with E-state index in [1.54, 1.807) is 0 Å². The molecule has 4 fully saturated rings. The summed E-state index contributed by atoms with van der Waals surface area (Å²) >= 11 is 0. The molecule has 0 radical (unpaired) electrons. The van der Waals surface area contributed by atoms with Crippen molar-refractivity contribution >= 4 is 11.8 Å². The molecule has 0 aromatic heterocycles. The van der Waals surface area contributed by atoms with E-state index in [4.69, 9.17) is 4.74 Å². The summed E-state index contributed by atoms with van der Waals surface area (Å²) in [4.78, 5) is 25.3. The molecule has 0 amide bonds. The second-order valence-electron chi connectivity index (χ2n) is 10.4. The number of hydrogen-bond acceptors (Lipinski definition) is 5. The minimum atomic E-state index is -0.691. The molecule has 0 aromatic carbocycles. The Hall–Kier alpha value is -1.20. The van der Waals surface area contributed by atoms with Gasteiger partial charge in [-0.2, -0.15) is 0 Å². The number of aliphatic hydroxyl groups excluding tert-OH is 2. The first kappa shape index (κ1) is 19.1. The van der Waals surface area contributed by atoms with Gasteiger partial charge < -0.3 is 14.9 Å². The van der Waals surface area contributed by atoms with Crippen molar-refractivity contribution in [2.75, 3.05) is 0 Å². The van der Waals surface area contributed by atoms with Gasteiger partial charge >= 0.3 is 5.97 Å². The number of ketones is 1. The highest BCUT2D eigenvalue weighted by Crippen LogP contribution is 2.71. The molecule has 0 saturated heterocycles. The number of rotatable bonds is 1. The van der Waals surface area contributed by atoms with Gasteiger partial charge in [-0.05, 0) is 54.4 Å². The number of carbonyl (C=O) groups excluding carboxylic acids is 2. The first-order valence-electron chi connectivity index (χ1n) is 10.2. The van der Waals surface area contributed by atoms with Gasteiger partial charge in [0.1, 0.15) is 6.10 Å². The Balaban J connectivity index is 1.89. The Morgan fingerprint density at radius 3 is 2.48 bits per heavy atom. The van der Waals surface area contributed by atoms with E-state index >= 15 is 0 Å². The van der Waals surface area contributed by atoms with E-state index in [9.17, 15) is 19.8 Å². The second-order valence-corrected chi connectivity index (χ2v) is 10.4. The average Bonchev–Trinajstić information content (AvgIpc) is 2.71. The lowest BCUT2D eigenvalue weighted by atomic mass is 9.39. The summed E-state index contributed by atoms with van der Waals surface area (Å²) in [7, 11) is 0. The van der Waals surface area contributed by atoms with Gasteiger partial charge in [0, 0.05) is 24.2 Å². The largest absolute Gasteiger partial charge is 0.462 e. The highest BCUT2D eigenvalue weighted by molar-refractivity contribution is 6.03. The molecule has 0 unspecified atom stereocenters. The fraction of sp³-hybridized carbons (Fsp3) is 0.818. The molecule has 150 valence electrons. The van der Waals surface area contributed by atoms with Gasteiger partial charge in [0.15, 0.2) is 5.78 Å². The Labute approximate surface area is 161 Å². The molecule has 4 rings (SSSR count). The van der Waals surface area contributed by atoms with E-state index in [2.05, 4.69) is 13.5 Å². The minimum Gasteiger partial charge on any atom is -0.462 e. The quantitative estimate of drug-likeness (QED) is 0.543. The lowest BCUT2D eigenvalue weighted by Gasteiger charge is -2.66. The summed E-state index contributed by atoms with van der Waals surface area (Å²) in [5.41, 5.74) is -0.908. The molecule has 0 aromatic rings. The van der Waals surface area contributed by atoms with Crippen LogP contribution in [0.15, 0.2) is 12.2 Å². The highest BCUT2D eigenvalue weighted by Gasteiger charge is 2.72. The molecule has 2 N–H and O–H groups in total. The van der Waals surface area contributed by atoms with Crippen molar-refractivity contribution in [2.45, 2.75) is 78.1 Å². The number of allylic oxidation sites excluding steroid dienone is 1. The number of fused-ring (bicyclic) bond motifs is 3. The van der Waals surface area contributed by atoms with Gasteiger partial charge in [-0.25, -0.2) is 0 Å². The maximum Gasteiger partial charge on any atom is 0.302 e. The highest BCUT2D eigenvalue weighted by atomic mass is 16.5. The van der Waals surface area contributed by atoms with Crippen LogP contribution < -0.4 is 0 Å². The van der Waals surface area contributed by atoms with Crippen LogP contribution in [0.1, 0.15) is 59.8 Å². The van der Waals surface area contributed by atoms with E-state index in [0.29, 0.717) is 37.7 Å². The van der Waals surface area contributed by atoms with E-state index < -0.39 is 29.1 Å². The Kier molecular flexibility index (Phi) is 4.01. The van der Waals surface area contributed by atoms with Crippen molar-refractivity contribution < 1.29 is 24.5 Å². The molecular weight excluding hydrogens is 344 g/mol. The zero-order valence-corrected chi connectivity index (χ0v) is 16.8. The standard InChI is InChI=1S/C22H32O5/c1-11-13-8-14(24)17-21(5)7-6-16(25)20(3,4)18(21)15(27-12(2)23)10-22(17,9-13)19(11)26/h13-18,24-25H,1,6-10H2,2-5H3/t13-,14+,15+,16+,17+,18-,21+,22-/m1/s1. The number of esters is 1. The van der Waals surface area contributed by atoms with Crippen molar-refractivity contribution in [1.82, 2.24) is 0 Å². The van der Waals surface area contributed by atoms with Crippen molar-refractivity contribution in [2.24, 2.45) is 34.0 Å². The zero-order valence-electron chi connectivity index (χ0n) is 16.8. The van der Waals surface area contributed by atoms with Gasteiger partial charge in [0.05, 0.1) is 12.2 Å². The van der Waals surface area contributed by atoms with Crippen molar-refractivity contribution in [3.63, 3.8) is 0 Å². The molecule has 1 spiro atoms. The third-order valence-corrected chi connectivity index (χ3v) is 8.65. The van der Waals surface area contributed by atoms with Gasteiger partial charge in [0.25, 0.3) is 0 Å². The van der Waals surface area contributed by atoms with Crippen LogP contribution in [0, 0.1) is 34.0 Å². The van der Waals surface area contributed by atoms with Crippen molar-refractivity contribution in [1.29, 1.82) is 0 Å². The summed E-state index contributed by atoms with van der Waals surface area (Å²) in [6.45, 7) is 11.7. The SMILES string of the molecule is C=C1C(=O)[C@@]23C[C@H]1C[C@H](O)[C@H]2[C@]1(C)CC[C@H](O)C(C)(C)[C@H]1[C@@H](OC(C)=O)C3. The van der Waals surface area contributed by atoms with Crippen LogP contribution in [0.5, 0.6) is 0 Å². The summed E-state index contributed by atoms with van der Waals surface area (Å²) in [5.74, 6) is -0.554. The Bertz CT molecular complexity index is 711. The van der Waals surface area contributed by atoms with E-state index in [0.717, 1.165) is 0 Å². The van der Waals surface area contributed by atoms with Gasteiger partial charge in [-0.3, -0.25) is 9.59 Å². The Morgan fingerprint density at radius 1 is 1.19 bits per heavy atom. The third-order valence-electron chi connectivity index (χ3n) is 8.65. The van der Waals surface area contributed by atoms with Crippen LogP contribution >= 0.6 is 0 Å². The number of carbonyl (C=O) groups is 2. The normalized spacial score (nSPS) is 50.7. The summed E-state index contributed by atoms with van der Waals surface area (Å²) in [5, 5.41) is 21.9. The first-order chi connectivity index (χ1) is 12.4. The molecule has 4 aliphatic carbocycles. The molecule has 5 heteroatoms. The van der Waals surface area contributed by atoms with Gasteiger partial charge in [-0.15, -0.1) is 0 Å². The average molecular weight is 376 g/mol. The second kappa shape index (κ2) is 5.66. The summed E-state index contributed by atoms with van der Waals surface area (Å²) < 4.78 is 5.81. The van der Waals surface area contributed by atoms with Crippen LogP contribution in [-0.4, -0.2) is 40.3 Å². The number of ether oxygens (including phenoxy) is 1. The Morgan fingerprint density at radius 2 is 1.85 bits per heavy atom. The van der Waals surface area contributed by atoms with E-state index in [1.165, 1.54) is 6.92 Å². The summed E-state index contributed by atoms with van der Waals surface area (Å²) in [6, 6.07) is 0. The lowest BCUT2D eigenvalue weighted by Crippen LogP contribution is -2.68. The third kappa shape index (κ3) is 2.30. The van der Waals surface area contributed by atoms with Gasteiger partial charge in [-0.1, -0.05) is 27.4 Å². The smallest absolute Gasteiger partial charge is 0.302 e. The van der Waals surface area contributed by atoms with Crippen LogP contribution in [0.4, 0.5) is 0 Å². The number of aliphatic hydroxyl groups is 2. The van der Waals surface area contributed by atoms with Gasteiger partial charge in [0.2, 0.25) is 0 Å². The molecule has 5 nitrogen and oxygen atoms in total. The van der Waals surface area contributed by atoms with Crippen LogP contribution in [-0.2, 0) is 14.3 Å². The molecular formula is C22H32O5. The predicted molar refractivity (Wildman–Crippen MR) is 99.6 cm³/mol. The minimum absolute atomic E-state index is 0.0315. The molecule has 0 heterocycles. The number of hydrogen-bond donors (Lipinski definition) is 2. The van der Waals surface area contributed by atoms with E-state index in [1.807, 2.05) is 13.8 Å². The fourth-order valence-electron chi connectivity index (χ4n) is 7.91. The van der Waals surface area contributed by atoms with E-state index in [-0.39, 0.29) is 34.9 Å². The fourth-order valence-corrected chi connectivity index (χ4v) is 7.91. The molecule has 0 aliphatic heterocycles. The topological polar surface area (TPSA) is 83.8 Å². The lowest BCUT2D eigenvalue weighted by molar-refractivity contribution is -0.246. The summed E-state index contributed by atoms with van der Waals surface area (Å²) in [6.07, 6.45) is 1.57. The molecule has 27 heavy (non-hydrogen) atoms. The van der Waals surface area contributed by atoms with Crippen molar-refractivity contribution in [3.05, 3.63) is 12.2 Å². The van der Waals surface area contributed by atoms with Crippen molar-refractivity contribution in [3.8, 4) is 0 Å². The molecule has 4 aliphatic rings.